The number of aryl methyl sites for hydroxylation is 1. The number of anilines is 1. The number of benzene rings is 2. The molecule has 0 fully saturated rings. The first kappa shape index (κ1) is 18.8. The third-order valence-electron chi connectivity index (χ3n) is 4.22. The lowest BCUT2D eigenvalue weighted by molar-refractivity contribution is -0.138. The highest BCUT2D eigenvalue weighted by Gasteiger charge is 2.32. The molecule has 1 heterocycles. The zero-order valence-corrected chi connectivity index (χ0v) is 14.6. The minimum atomic E-state index is -4.36. The normalized spacial score (nSPS) is 11.7. The molecule has 2 N–H and O–H groups in total. The smallest absolute Gasteiger partial charge is 0.416 e. The van der Waals surface area contributed by atoms with Crippen molar-refractivity contribution in [2.24, 2.45) is 0 Å². The van der Waals surface area contributed by atoms with Crippen LogP contribution in [0.1, 0.15) is 40.6 Å². The van der Waals surface area contributed by atoms with Crippen LogP contribution >= 0.6 is 0 Å². The Labute approximate surface area is 153 Å². The molecule has 0 unspecified atom stereocenters. The lowest BCUT2D eigenvalue weighted by Gasteiger charge is -2.15. The molecule has 0 aliphatic heterocycles. The van der Waals surface area contributed by atoms with Gasteiger partial charge >= 0.3 is 12.1 Å². The molecular weight excluding hydrogens is 359 g/mol. The first-order valence-corrected chi connectivity index (χ1v) is 8.47. The van der Waals surface area contributed by atoms with E-state index in [1.165, 1.54) is 18.2 Å². The van der Waals surface area contributed by atoms with E-state index >= 15 is 0 Å². The van der Waals surface area contributed by atoms with Crippen molar-refractivity contribution >= 4 is 22.6 Å². The van der Waals surface area contributed by atoms with Crippen molar-refractivity contribution in [2.45, 2.75) is 32.5 Å². The molecule has 0 aliphatic rings. The number of rotatable bonds is 6. The third-order valence-corrected chi connectivity index (χ3v) is 4.22. The number of halogens is 3. The summed E-state index contributed by atoms with van der Waals surface area (Å²) in [7, 11) is 0. The van der Waals surface area contributed by atoms with Gasteiger partial charge in [0.2, 0.25) is 5.76 Å². The SMILES string of the molecule is CCCc1cc(NCc2ccc3oc(C(=O)O)cc3c2)ccc1C(F)(F)F. The van der Waals surface area contributed by atoms with E-state index in [1.54, 1.807) is 18.2 Å². The lowest BCUT2D eigenvalue weighted by Crippen LogP contribution is -2.10. The van der Waals surface area contributed by atoms with Crippen LogP contribution < -0.4 is 5.32 Å². The maximum absolute atomic E-state index is 13.1. The van der Waals surface area contributed by atoms with E-state index < -0.39 is 17.7 Å². The Morgan fingerprint density at radius 3 is 2.59 bits per heavy atom. The van der Waals surface area contributed by atoms with Crippen LogP contribution in [0.25, 0.3) is 11.0 Å². The van der Waals surface area contributed by atoms with Crippen LogP contribution in [0.3, 0.4) is 0 Å². The fourth-order valence-corrected chi connectivity index (χ4v) is 2.97. The van der Waals surface area contributed by atoms with Gasteiger partial charge < -0.3 is 14.8 Å². The summed E-state index contributed by atoms with van der Waals surface area (Å²) in [6, 6.07) is 10.7. The van der Waals surface area contributed by atoms with Gasteiger partial charge in [-0.25, -0.2) is 4.79 Å². The number of carboxylic acid groups (broad SMARTS) is 1. The quantitative estimate of drug-likeness (QED) is 0.577. The van der Waals surface area contributed by atoms with E-state index in [1.807, 2.05) is 6.92 Å². The molecule has 0 bridgehead atoms. The molecule has 0 spiro atoms. The van der Waals surface area contributed by atoms with Gasteiger partial charge in [0.1, 0.15) is 5.58 Å². The molecule has 7 heteroatoms. The average molecular weight is 377 g/mol. The monoisotopic (exact) mass is 377 g/mol. The number of aromatic carboxylic acids is 1. The van der Waals surface area contributed by atoms with Crippen LogP contribution in [0.4, 0.5) is 18.9 Å². The number of hydrogen-bond acceptors (Lipinski definition) is 3. The number of furan rings is 1. The molecule has 0 saturated heterocycles. The fraction of sp³-hybridized carbons (Fsp3) is 0.250. The second kappa shape index (κ2) is 7.34. The average Bonchev–Trinajstić information content (AvgIpc) is 3.03. The highest BCUT2D eigenvalue weighted by Crippen LogP contribution is 2.34. The Morgan fingerprint density at radius 2 is 1.93 bits per heavy atom. The summed E-state index contributed by atoms with van der Waals surface area (Å²) in [5.41, 5.74) is 1.60. The van der Waals surface area contributed by atoms with Crippen molar-refractivity contribution in [3.63, 3.8) is 0 Å². The summed E-state index contributed by atoms with van der Waals surface area (Å²) in [5, 5.41) is 12.7. The minimum Gasteiger partial charge on any atom is -0.475 e. The molecule has 3 rings (SSSR count). The largest absolute Gasteiger partial charge is 0.475 e. The van der Waals surface area contributed by atoms with Crippen molar-refractivity contribution in [3.05, 3.63) is 64.9 Å². The predicted octanol–water partition coefficient (Wildman–Crippen LogP) is 5.71. The summed E-state index contributed by atoms with van der Waals surface area (Å²) in [4.78, 5) is 11.0. The number of carboxylic acids is 1. The first-order valence-electron chi connectivity index (χ1n) is 8.47. The van der Waals surface area contributed by atoms with E-state index in [0.29, 0.717) is 36.0 Å². The molecule has 4 nitrogen and oxygen atoms in total. The van der Waals surface area contributed by atoms with Gasteiger partial charge in [0.25, 0.3) is 0 Å². The van der Waals surface area contributed by atoms with Crippen molar-refractivity contribution in [3.8, 4) is 0 Å². The molecule has 27 heavy (non-hydrogen) atoms. The number of alkyl halides is 3. The van der Waals surface area contributed by atoms with Crippen molar-refractivity contribution < 1.29 is 27.5 Å². The summed E-state index contributed by atoms with van der Waals surface area (Å²) >= 11 is 0. The molecule has 0 atom stereocenters. The summed E-state index contributed by atoms with van der Waals surface area (Å²) < 4.78 is 44.5. The molecular formula is C20H18F3NO3. The van der Waals surface area contributed by atoms with Gasteiger partial charge in [-0.1, -0.05) is 19.4 Å². The number of carbonyl (C=O) groups is 1. The van der Waals surface area contributed by atoms with E-state index in [-0.39, 0.29) is 11.3 Å². The minimum absolute atomic E-state index is 0.137. The molecule has 1 aromatic heterocycles. The first-order chi connectivity index (χ1) is 12.8. The molecule has 142 valence electrons. The van der Waals surface area contributed by atoms with E-state index in [4.69, 9.17) is 9.52 Å². The van der Waals surface area contributed by atoms with Crippen molar-refractivity contribution in [2.75, 3.05) is 5.32 Å². The second-order valence-electron chi connectivity index (χ2n) is 6.26. The number of fused-ring (bicyclic) bond motifs is 1. The maximum Gasteiger partial charge on any atom is 0.416 e. The lowest BCUT2D eigenvalue weighted by atomic mass is 10.0. The molecule has 0 amide bonds. The zero-order chi connectivity index (χ0) is 19.6. The Morgan fingerprint density at radius 1 is 1.15 bits per heavy atom. The Bertz CT molecular complexity index is 976. The van der Waals surface area contributed by atoms with E-state index in [0.717, 1.165) is 11.6 Å². The zero-order valence-electron chi connectivity index (χ0n) is 14.6. The maximum atomic E-state index is 13.1. The summed E-state index contributed by atoms with van der Waals surface area (Å²) in [6.07, 6.45) is -3.39. The summed E-state index contributed by atoms with van der Waals surface area (Å²) in [6.45, 7) is 2.23. The van der Waals surface area contributed by atoms with Gasteiger partial charge in [0.05, 0.1) is 5.56 Å². The Kier molecular flexibility index (Phi) is 5.12. The Hall–Kier alpha value is -2.96. The number of nitrogens with one attached hydrogen (secondary N) is 1. The van der Waals surface area contributed by atoms with Crippen LogP contribution in [-0.4, -0.2) is 11.1 Å². The highest BCUT2D eigenvalue weighted by molar-refractivity contribution is 5.91. The van der Waals surface area contributed by atoms with Crippen LogP contribution in [-0.2, 0) is 19.1 Å². The molecule has 2 aromatic carbocycles. The van der Waals surface area contributed by atoms with Gasteiger partial charge in [-0.15, -0.1) is 0 Å². The fourth-order valence-electron chi connectivity index (χ4n) is 2.97. The van der Waals surface area contributed by atoms with Crippen LogP contribution in [0.15, 0.2) is 46.9 Å². The summed E-state index contributed by atoms with van der Waals surface area (Å²) in [5.74, 6) is -1.28. The second-order valence-corrected chi connectivity index (χ2v) is 6.26. The van der Waals surface area contributed by atoms with Gasteiger partial charge in [-0.2, -0.15) is 13.2 Å². The van der Waals surface area contributed by atoms with Crippen LogP contribution in [0, 0.1) is 0 Å². The predicted molar refractivity (Wildman–Crippen MR) is 95.9 cm³/mol. The molecule has 0 radical (unpaired) electrons. The number of hydrogen-bond donors (Lipinski definition) is 2. The molecule has 0 aliphatic carbocycles. The molecule has 3 aromatic rings. The van der Waals surface area contributed by atoms with E-state index in [9.17, 15) is 18.0 Å². The van der Waals surface area contributed by atoms with Crippen LogP contribution in [0.5, 0.6) is 0 Å². The van der Waals surface area contributed by atoms with Crippen molar-refractivity contribution in [1.82, 2.24) is 0 Å². The Balaban J connectivity index is 1.78. The van der Waals surface area contributed by atoms with Crippen LogP contribution in [0.2, 0.25) is 0 Å². The van der Waals surface area contributed by atoms with E-state index in [2.05, 4.69) is 5.32 Å². The highest BCUT2D eigenvalue weighted by atomic mass is 19.4. The topological polar surface area (TPSA) is 62.5 Å². The standard InChI is InChI=1S/C20H18F3NO3/c1-2-3-13-9-15(5-6-16(13)20(21,22)23)24-11-12-4-7-17-14(8-12)10-18(27-17)19(25)26/h4-10,24H,2-3,11H2,1H3,(H,25,26). The molecule has 0 saturated carbocycles. The van der Waals surface area contributed by atoms with Gasteiger partial charge in [0.15, 0.2) is 0 Å². The van der Waals surface area contributed by atoms with Crippen molar-refractivity contribution in [1.29, 1.82) is 0 Å². The van der Waals surface area contributed by atoms with Gasteiger partial charge in [-0.05, 0) is 53.9 Å². The van der Waals surface area contributed by atoms with Gasteiger partial charge in [0, 0.05) is 17.6 Å². The third kappa shape index (κ3) is 4.24. The van der Waals surface area contributed by atoms with Gasteiger partial charge in [-0.3, -0.25) is 0 Å².